The van der Waals surface area contributed by atoms with E-state index in [4.69, 9.17) is 0 Å². The van der Waals surface area contributed by atoms with Crippen molar-refractivity contribution >= 4 is 11.3 Å². The van der Waals surface area contributed by atoms with E-state index in [1.54, 1.807) is 11.3 Å². The first-order chi connectivity index (χ1) is 13.3. The zero-order chi connectivity index (χ0) is 18.2. The number of aryl methyl sites for hydroxylation is 1. The Kier molecular flexibility index (Phi) is 3.98. The van der Waals surface area contributed by atoms with Gasteiger partial charge in [0.1, 0.15) is 0 Å². The lowest BCUT2D eigenvalue weighted by molar-refractivity contribution is 0.643. The molecule has 4 heterocycles. The van der Waals surface area contributed by atoms with E-state index in [1.807, 2.05) is 52.0 Å². The van der Waals surface area contributed by atoms with Crippen molar-refractivity contribution in [2.45, 2.75) is 19.4 Å². The largest absolute Gasteiger partial charge is 0.307 e. The van der Waals surface area contributed by atoms with Gasteiger partial charge in [-0.3, -0.25) is 9.78 Å². The molecule has 0 unspecified atom stereocenters. The third-order valence-corrected chi connectivity index (χ3v) is 5.88. The molecule has 3 aromatic heterocycles. The molecule has 0 fully saturated rings. The number of benzene rings is 1. The zero-order valence-electron chi connectivity index (χ0n) is 14.8. The van der Waals surface area contributed by atoms with Gasteiger partial charge in [0, 0.05) is 35.6 Å². The molecule has 0 N–H and O–H groups in total. The molecule has 132 valence electrons. The van der Waals surface area contributed by atoms with Crippen LogP contribution in [-0.2, 0) is 13.0 Å². The molecule has 3 nitrogen and oxygen atoms in total. The third-order valence-electron chi connectivity index (χ3n) is 5.20. The Bertz CT molecular complexity index is 1160. The van der Waals surface area contributed by atoms with Crippen LogP contribution in [0.2, 0.25) is 0 Å². The number of nitrogens with zero attached hydrogens (tertiary/aromatic N) is 2. The van der Waals surface area contributed by atoms with Crippen LogP contribution in [0.25, 0.3) is 33.5 Å². The second kappa shape index (κ2) is 6.63. The highest BCUT2D eigenvalue weighted by Gasteiger charge is 2.22. The number of thiophene rings is 1. The van der Waals surface area contributed by atoms with Crippen LogP contribution in [0, 0.1) is 0 Å². The Morgan fingerprint density at radius 3 is 2.67 bits per heavy atom. The molecule has 1 aliphatic rings. The molecule has 0 amide bonds. The maximum Gasteiger partial charge on any atom is 0.258 e. The maximum atomic E-state index is 13.4. The topological polar surface area (TPSA) is 34.9 Å². The normalized spacial score (nSPS) is 12.9. The summed E-state index contributed by atoms with van der Waals surface area (Å²) in [5.41, 5.74) is 7.38. The number of rotatable bonds is 2. The summed E-state index contributed by atoms with van der Waals surface area (Å²) in [4.78, 5) is 17.8. The van der Waals surface area contributed by atoms with Gasteiger partial charge in [0.05, 0.1) is 5.69 Å². The van der Waals surface area contributed by atoms with Gasteiger partial charge in [-0.25, -0.2) is 0 Å². The van der Waals surface area contributed by atoms with Gasteiger partial charge in [0.15, 0.2) is 0 Å². The maximum absolute atomic E-state index is 13.4. The summed E-state index contributed by atoms with van der Waals surface area (Å²) in [7, 11) is 0. The summed E-state index contributed by atoms with van der Waals surface area (Å²) in [6, 6.07) is 16.5. The van der Waals surface area contributed by atoms with Crippen LogP contribution in [0.15, 0.2) is 76.5 Å². The van der Waals surface area contributed by atoms with Gasteiger partial charge in [0.2, 0.25) is 0 Å². The van der Waals surface area contributed by atoms with Crippen LogP contribution in [0.4, 0.5) is 0 Å². The van der Waals surface area contributed by atoms with E-state index >= 15 is 0 Å². The van der Waals surface area contributed by atoms with Crippen molar-refractivity contribution < 1.29 is 0 Å². The number of hydrogen-bond acceptors (Lipinski definition) is 3. The Morgan fingerprint density at radius 1 is 0.963 bits per heavy atom. The second-order valence-corrected chi connectivity index (χ2v) is 7.57. The quantitative estimate of drug-likeness (QED) is 0.483. The van der Waals surface area contributed by atoms with Crippen LogP contribution in [-0.4, -0.2) is 9.55 Å². The summed E-state index contributed by atoms with van der Waals surface area (Å²) < 4.78 is 1.96. The van der Waals surface area contributed by atoms with E-state index in [0.29, 0.717) is 0 Å². The zero-order valence-corrected chi connectivity index (χ0v) is 15.6. The van der Waals surface area contributed by atoms with Crippen LogP contribution < -0.4 is 5.56 Å². The van der Waals surface area contributed by atoms with E-state index in [1.165, 1.54) is 5.56 Å². The van der Waals surface area contributed by atoms with Gasteiger partial charge >= 0.3 is 0 Å². The van der Waals surface area contributed by atoms with Crippen molar-refractivity contribution in [3.63, 3.8) is 0 Å². The highest BCUT2D eigenvalue weighted by atomic mass is 32.1. The number of hydrogen-bond donors (Lipinski definition) is 0. The fraction of sp³-hybridized carbons (Fsp3) is 0.130. The second-order valence-electron chi connectivity index (χ2n) is 6.79. The van der Waals surface area contributed by atoms with Crippen molar-refractivity contribution in [3.05, 3.63) is 87.6 Å². The van der Waals surface area contributed by atoms with E-state index in [-0.39, 0.29) is 5.56 Å². The monoisotopic (exact) mass is 370 g/mol. The van der Waals surface area contributed by atoms with Crippen LogP contribution in [0.1, 0.15) is 12.0 Å². The average molecular weight is 370 g/mol. The first-order valence-corrected chi connectivity index (χ1v) is 10.1. The van der Waals surface area contributed by atoms with Gasteiger partial charge in [-0.1, -0.05) is 30.3 Å². The van der Waals surface area contributed by atoms with Gasteiger partial charge in [-0.2, -0.15) is 11.3 Å². The smallest absolute Gasteiger partial charge is 0.258 e. The number of aromatic nitrogens is 2. The SMILES string of the molecule is O=c1c(-c2ccsc2)cc(-c2ccccc2)c2n1CCCc1ccncc1-2. The van der Waals surface area contributed by atoms with Crippen molar-refractivity contribution in [3.8, 4) is 33.5 Å². The predicted molar refractivity (Wildman–Crippen MR) is 111 cm³/mol. The van der Waals surface area contributed by atoms with Crippen molar-refractivity contribution in [2.24, 2.45) is 0 Å². The molecule has 5 rings (SSSR count). The highest BCUT2D eigenvalue weighted by Crippen LogP contribution is 2.37. The fourth-order valence-corrected chi connectivity index (χ4v) is 4.57. The molecular weight excluding hydrogens is 352 g/mol. The molecule has 0 bridgehead atoms. The Labute approximate surface area is 161 Å². The van der Waals surface area contributed by atoms with E-state index < -0.39 is 0 Å². The van der Waals surface area contributed by atoms with Crippen LogP contribution in [0.3, 0.4) is 0 Å². The van der Waals surface area contributed by atoms with Crippen LogP contribution in [0.5, 0.6) is 0 Å². The molecule has 0 atom stereocenters. The van der Waals surface area contributed by atoms with E-state index in [0.717, 1.165) is 52.9 Å². The van der Waals surface area contributed by atoms with Gasteiger partial charge < -0.3 is 4.57 Å². The first-order valence-electron chi connectivity index (χ1n) is 9.12. The lowest BCUT2D eigenvalue weighted by atomic mass is 9.94. The predicted octanol–water partition coefficient (Wildman–Crippen LogP) is 5.25. The lowest BCUT2D eigenvalue weighted by Crippen LogP contribution is -2.23. The molecule has 0 saturated carbocycles. The third kappa shape index (κ3) is 2.73. The van der Waals surface area contributed by atoms with Gasteiger partial charge in [-0.05, 0) is 58.5 Å². The minimum atomic E-state index is 0.0831. The molecule has 27 heavy (non-hydrogen) atoms. The first kappa shape index (κ1) is 16.2. The highest BCUT2D eigenvalue weighted by molar-refractivity contribution is 7.08. The van der Waals surface area contributed by atoms with Gasteiger partial charge in [0.25, 0.3) is 5.56 Å². The minimum absolute atomic E-state index is 0.0831. The molecule has 0 saturated heterocycles. The number of fused-ring (bicyclic) bond motifs is 3. The molecule has 4 heteroatoms. The fourth-order valence-electron chi connectivity index (χ4n) is 3.92. The Hall–Kier alpha value is -2.98. The lowest BCUT2D eigenvalue weighted by Gasteiger charge is -2.18. The van der Waals surface area contributed by atoms with Crippen molar-refractivity contribution in [2.75, 3.05) is 0 Å². The van der Waals surface area contributed by atoms with E-state index in [9.17, 15) is 4.79 Å². The molecule has 4 aromatic rings. The van der Waals surface area contributed by atoms with Gasteiger partial charge in [-0.15, -0.1) is 0 Å². The molecule has 0 aliphatic carbocycles. The molecule has 1 aromatic carbocycles. The molecule has 0 radical (unpaired) electrons. The summed E-state index contributed by atoms with van der Waals surface area (Å²) in [5.74, 6) is 0. The molecule has 0 spiro atoms. The molecule has 1 aliphatic heterocycles. The van der Waals surface area contributed by atoms with Crippen molar-refractivity contribution in [1.29, 1.82) is 0 Å². The summed E-state index contributed by atoms with van der Waals surface area (Å²) in [6.07, 6.45) is 5.66. The molecular formula is C23H18N2OS. The number of pyridine rings is 2. The Balaban J connectivity index is 1.90. The minimum Gasteiger partial charge on any atom is -0.307 e. The average Bonchev–Trinajstić information content (AvgIpc) is 3.17. The van der Waals surface area contributed by atoms with Crippen molar-refractivity contribution in [1.82, 2.24) is 9.55 Å². The summed E-state index contributed by atoms with van der Waals surface area (Å²) in [6.45, 7) is 0.723. The standard InChI is InChI=1S/C23H18N2OS/c26-23-20(18-9-12-27-15-18)13-19(16-5-2-1-3-6-16)22-21-14-24-10-8-17(21)7-4-11-25(22)23/h1-3,5-6,8-10,12-15H,4,7,11H2. The van der Waals surface area contributed by atoms with E-state index in [2.05, 4.69) is 29.2 Å². The summed E-state index contributed by atoms with van der Waals surface area (Å²) >= 11 is 1.62. The Morgan fingerprint density at radius 2 is 1.85 bits per heavy atom. The van der Waals surface area contributed by atoms with Crippen LogP contribution >= 0.6 is 11.3 Å². The summed E-state index contributed by atoms with van der Waals surface area (Å²) in [5, 5.41) is 4.07.